The van der Waals surface area contributed by atoms with Crippen LogP contribution >= 0.6 is 12.2 Å². The average Bonchev–Trinajstić information content (AvgIpc) is 3.61. The van der Waals surface area contributed by atoms with Gasteiger partial charge in [-0.1, -0.05) is 13.0 Å². The third-order valence-corrected chi connectivity index (χ3v) is 7.09. The highest BCUT2D eigenvalue weighted by Crippen LogP contribution is 2.42. The van der Waals surface area contributed by atoms with Crippen LogP contribution in [0, 0.1) is 6.92 Å². The quantitative estimate of drug-likeness (QED) is 0.460. The zero-order valence-corrected chi connectivity index (χ0v) is 20.9. The molecule has 2 aliphatic rings. The van der Waals surface area contributed by atoms with Crippen LogP contribution in [0.4, 0.5) is 11.4 Å². The van der Waals surface area contributed by atoms with Gasteiger partial charge in [-0.2, -0.15) is 0 Å². The Bertz CT molecular complexity index is 1210. The molecule has 35 heavy (non-hydrogen) atoms. The van der Waals surface area contributed by atoms with Crippen molar-refractivity contribution in [3.05, 3.63) is 77.9 Å². The van der Waals surface area contributed by atoms with Crippen LogP contribution in [-0.2, 0) is 16.1 Å². The summed E-state index contributed by atoms with van der Waals surface area (Å²) in [5, 5.41) is 7.16. The number of ether oxygens (including phenoxy) is 1. The number of nitrogens with zero attached hydrogens (tertiary/aromatic N) is 3. The monoisotopic (exact) mass is 489 g/mol. The smallest absolute Gasteiger partial charge is 0.224 e. The Morgan fingerprint density at radius 3 is 2.86 bits per heavy atom. The number of carbonyl (C=O) groups is 1. The molecule has 2 fully saturated rings. The maximum atomic E-state index is 11.9. The van der Waals surface area contributed by atoms with Crippen molar-refractivity contribution in [3.8, 4) is 0 Å². The van der Waals surface area contributed by atoms with Crippen LogP contribution in [0.1, 0.15) is 55.2 Å². The van der Waals surface area contributed by atoms with Gasteiger partial charge in [0.25, 0.3) is 0 Å². The number of anilines is 2. The minimum absolute atomic E-state index is 0.000684. The second-order valence-electron chi connectivity index (χ2n) is 9.12. The molecule has 8 heteroatoms. The number of carbonyl (C=O) groups excluding carboxylic acids is 1. The van der Waals surface area contributed by atoms with Gasteiger partial charge in [-0.3, -0.25) is 9.78 Å². The fourth-order valence-corrected chi connectivity index (χ4v) is 5.33. The molecule has 2 aromatic heterocycles. The molecular formula is C27H31N5O2S. The van der Waals surface area contributed by atoms with E-state index in [1.165, 1.54) is 0 Å². The topological polar surface area (TPSA) is 71.4 Å². The molecule has 0 bridgehead atoms. The highest BCUT2D eigenvalue weighted by Gasteiger charge is 2.42. The molecule has 7 nitrogen and oxygen atoms in total. The molecule has 1 amide bonds. The first-order valence-electron chi connectivity index (χ1n) is 12.2. The second kappa shape index (κ2) is 10.2. The first kappa shape index (κ1) is 23.5. The van der Waals surface area contributed by atoms with Crippen LogP contribution in [0.25, 0.3) is 0 Å². The Hall–Kier alpha value is -3.23. The normalized spacial score (nSPS) is 21.8. The lowest BCUT2D eigenvalue weighted by molar-refractivity contribution is -0.115. The van der Waals surface area contributed by atoms with Gasteiger partial charge >= 0.3 is 0 Å². The van der Waals surface area contributed by atoms with Gasteiger partial charge < -0.3 is 24.8 Å². The molecule has 1 aromatic carbocycles. The Morgan fingerprint density at radius 2 is 2.14 bits per heavy atom. The van der Waals surface area contributed by atoms with Gasteiger partial charge in [-0.15, -0.1) is 0 Å². The molecule has 0 radical (unpaired) electrons. The summed E-state index contributed by atoms with van der Waals surface area (Å²) in [6, 6.07) is 16.1. The van der Waals surface area contributed by atoms with Crippen LogP contribution in [-0.4, -0.2) is 33.3 Å². The van der Waals surface area contributed by atoms with Crippen molar-refractivity contribution in [2.75, 3.05) is 16.8 Å². The fraction of sp³-hybridized carbons (Fsp3) is 0.370. The van der Waals surface area contributed by atoms with E-state index in [1.807, 2.05) is 50.4 Å². The van der Waals surface area contributed by atoms with Crippen LogP contribution in [0.2, 0.25) is 0 Å². The minimum atomic E-state index is -0.110. The average molecular weight is 490 g/mol. The molecule has 0 saturated carbocycles. The summed E-state index contributed by atoms with van der Waals surface area (Å²) >= 11 is 5.89. The number of pyridine rings is 1. The summed E-state index contributed by atoms with van der Waals surface area (Å²) in [6.45, 7) is 5.50. The second-order valence-corrected chi connectivity index (χ2v) is 9.50. The van der Waals surface area contributed by atoms with E-state index < -0.39 is 0 Å². The van der Waals surface area contributed by atoms with Crippen molar-refractivity contribution in [2.45, 2.75) is 57.8 Å². The predicted octanol–water partition coefficient (Wildman–Crippen LogP) is 4.90. The first-order chi connectivity index (χ1) is 17.0. The summed E-state index contributed by atoms with van der Waals surface area (Å²) < 4.78 is 8.23. The molecule has 3 aromatic rings. The number of aryl methyl sites for hydroxylation is 1. The highest BCUT2D eigenvalue weighted by atomic mass is 32.1. The molecule has 0 aliphatic carbocycles. The van der Waals surface area contributed by atoms with Crippen molar-refractivity contribution >= 4 is 34.6 Å². The summed E-state index contributed by atoms with van der Waals surface area (Å²) in [4.78, 5) is 18.8. The van der Waals surface area contributed by atoms with Crippen molar-refractivity contribution in [1.29, 1.82) is 0 Å². The van der Waals surface area contributed by atoms with Crippen LogP contribution in [0.3, 0.4) is 0 Å². The Labute approximate surface area is 211 Å². The molecule has 0 spiro atoms. The maximum absolute atomic E-state index is 11.9. The Kier molecular flexibility index (Phi) is 6.83. The molecule has 2 aliphatic heterocycles. The summed E-state index contributed by atoms with van der Waals surface area (Å²) in [6.07, 6.45) is 6.81. The fourth-order valence-electron chi connectivity index (χ4n) is 4.98. The van der Waals surface area contributed by atoms with E-state index >= 15 is 0 Å². The molecule has 0 unspecified atom stereocenters. The van der Waals surface area contributed by atoms with Gasteiger partial charge in [-0.25, -0.2) is 0 Å². The first-order valence-corrected chi connectivity index (χ1v) is 12.6. The SMILES string of the molecule is CCC(=O)Nc1ccc(N2C(=S)N[C@H](c3ccccn3)[C@@H]2c2cccn2C[C@@H]2CCCO2)cc1C. The van der Waals surface area contributed by atoms with Gasteiger partial charge in [0.2, 0.25) is 5.91 Å². The van der Waals surface area contributed by atoms with E-state index in [1.54, 1.807) is 0 Å². The molecule has 4 heterocycles. The summed E-state index contributed by atoms with van der Waals surface area (Å²) in [5.41, 5.74) is 4.88. The van der Waals surface area contributed by atoms with Crippen LogP contribution in [0.5, 0.6) is 0 Å². The van der Waals surface area contributed by atoms with Gasteiger partial charge in [-0.05, 0) is 80.0 Å². The zero-order valence-electron chi connectivity index (χ0n) is 20.1. The predicted molar refractivity (Wildman–Crippen MR) is 141 cm³/mol. The van der Waals surface area contributed by atoms with E-state index in [2.05, 4.69) is 49.5 Å². The number of hydrogen-bond acceptors (Lipinski definition) is 4. The Morgan fingerprint density at radius 1 is 1.26 bits per heavy atom. The third-order valence-electron chi connectivity index (χ3n) is 6.77. The zero-order chi connectivity index (χ0) is 24.4. The van der Waals surface area contributed by atoms with Gasteiger partial charge in [0.05, 0.1) is 17.8 Å². The van der Waals surface area contributed by atoms with E-state index in [9.17, 15) is 4.79 Å². The Balaban J connectivity index is 1.54. The van der Waals surface area contributed by atoms with Crippen molar-refractivity contribution in [2.24, 2.45) is 0 Å². The number of nitrogens with one attached hydrogen (secondary N) is 2. The number of rotatable bonds is 7. The number of thiocarbonyl (C=S) groups is 1. The van der Waals surface area contributed by atoms with Crippen LogP contribution < -0.4 is 15.5 Å². The van der Waals surface area contributed by atoms with Gasteiger partial charge in [0, 0.05) is 49.0 Å². The molecular weight excluding hydrogens is 458 g/mol. The van der Waals surface area contributed by atoms with E-state index in [-0.39, 0.29) is 24.1 Å². The molecule has 2 saturated heterocycles. The maximum Gasteiger partial charge on any atom is 0.224 e. The largest absolute Gasteiger partial charge is 0.376 e. The van der Waals surface area contributed by atoms with Crippen molar-refractivity contribution < 1.29 is 9.53 Å². The number of amides is 1. The number of hydrogen-bond donors (Lipinski definition) is 2. The van der Waals surface area contributed by atoms with Crippen molar-refractivity contribution in [1.82, 2.24) is 14.9 Å². The number of benzene rings is 1. The van der Waals surface area contributed by atoms with Crippen LogP contribution in [0.15, 0.2) is 60.9 Å². The van der Waals surface area contributed by atoms with Gasteiger partial charge in [0.1, 0.15) is 6.04 Å². The minimum Gasteiger partial charge on any atom is -0.376 e. The standard InChI is InChI=1S/C27H31N5O2S/c1-3-24(33)29-21-12-11-19(16-18(21)2)32-26(25(30-27(32)35)22-9-4-5-13-28-22)23-10-6-14-31(23)17-20-8-7-15-34-20/h4-6,9-14,16,20,25-26H,3,7-8,15,17H2,1-2H3,(H,29,33)(H,30,35)/t20-,25+,26-/m0/s1. The van der Waals surface area contributed by atoms with E-state index in [0.29, 0.717) is 11.5 Å². The number of aromatic nitrogens is 2. The summed E-state index contributed by atoms with van der Waals surface area (Å²) in [5.74, 6) is -0.000684. The molecule has 3 atom stereocenters. The molecule has 2 N–H and O–H groups in total. The molecule has 5 rings (SSSR count). The lowest BCUT2D eigenvalue weighted by atomic mass is 10.0. The highest BCUT2D eigenvalue weighted by molar-refractivity contribution is 7.80. The van der Waals surface area contributed by atoms with E-state index in [4.69, 9.17) is 17.0 Å². The third kappa shape index (κ3) is 4.81. The summed E-state index contributed by atoms with van der Waals surface area (Å²) in [7, 11) is 0. The lowest BCUT2D eigenvalue weighted by Gasteiger charge is -2.30. The van der Waals surface area contributed by atoms with E-state index in [0.717, 1.165) is 54.3 Å². The van der Waals surface area contributed by atoms with Crippen molar-refractivity contribution in [3.63, 3.8) is 0 Å². The van der Waals surface area contributed by atoms with Gasteiger partial charge in [0.15, 0.2) is 5.11 Å². The lowest BCUT2D eigenvalue weighted by Crippen LogP contribution is -2.31. The molecule has 182 valence electrons.